The highest BCUT2D eigenvalue weighted by molar-refractivity contribution is 6.74. The van der Waals surface area contributed by atoms with Crippen molar-refractivity contribution in [2.75, 3.05) is 26.4 Å². The second-order valence-corrected chi connectivity index (χ2v) is 22.0. The minimum Gasteiger partial charge on any atom is -0.491 e. The van der Waals surface area contributed by atoms with Gasteiger partial charge in [0.05, 0.1) is 13.2 Å². The minimum absolute atomic E-state index is 0.221. The molecule has 0 atom stereocenters. The first-order valence-electron chi connectivity index (χ1n) is 13.3. The number of hydrogen-bond donors (Lipinski definition) is 0. The molecule has 0 fully saturated rings. The van der Waals surface area contributed by atoms with Crippen molar-refractivity contribution in [3.63, 3.8) is 0 Å². The third-order valence-electron chi connectivity index (χ3n) is 7.37. The van der Waals surface area contributed by atoms with Crippen LogP contribution in [0.1, 0.15) is 57.5 Å². The summed E-state index contributed by atoms with van der Waals surface area (Å²) in [5.41, 5.74) is 1.76. The standard InChI is InChI=1S/C16H26O2Si.C15H24O3Si/c1-7-14-8-10-15(11-9-14)17-12-13-18-19(5,6)16(2,3)4;1-15(2,3)19(4,5)18-11-10-17-14-8-6-13(12-16)7-9-14/h7-11H,1,12-13H2,2-6H3;6-9,12H,10-11H2,1-5H3. The minimum atomic E-state index is -1.68. The Balaban J connectivity index is 0.000000380. The first-order chi connectivity index (χ1) is 17.5. The van der Waals surface area contributed by atoms with E-state index in [2.05, 4.69) is 74.3 Å². The van der Waals surface area contributed by atoms with Gasteiger partial charge in [-0.2, -0.15) is 0 Å². The average molecular weight is 559 g/mol. The highest BCUT2D eigenvalue weighted by Crippen LogP contribution is 2.37. The Morgan fingerprint density at radius 3 is 1.26 bits per heavy atom. The maximum Gasteiger partial charge on any atom is 0.192 e. The second kappa shape index (κ2) is 14.8. The summed E-state index contributed by atoms with van der Waals surface area (Å²) in [7, 11) is -3.34. The quantitative estimate of drug-likeness (QED) is 0.148. The summed E-state index contributed by atoms with van der Waals surface area (Å²) < 4.78 is 23.3. The summed E-state index contributed by atoms with van der Waals surface area (Å²) >= 11 is 0. The van der Waals surface area contributed by atoms with Crippen LogP contribution in [0.25, 0.3) is 6.08 Å². The number of aldehydes is 1. The molecule has 2 aromatic rings. The lowest BCUT2D eigenvalue weighted by Crippen LogP contribution is -2.41. The fourth-order valence-electron chi connectivity index (χ4n) is 2.69. The molecule has 0 bridgehead atoms. The first-order valence-corrected chi connectivity index (χ1v) is 19.2. The second-order valence-electron chi connectivity index (χ2n) is 12.4. The van der Waals surface area contributed by atoms with Crippen LogP contribution in [-0.2, 0) is 8.85 Å². The molecule has 0 N–H and O–H groups in total. The van der Waals surface area contributed by atoms with Gasteiger partial charge in [0, 0.05) is 5.56 Å². The van der Waals surface area contributed by atoms with Crippen LogP contribution in [0.15, 0.2) is 55.1 Å². The summed E-state index contributed by atoms with van der Waals surface area (Å²) in [6, 6.07) is 15.0. The fraction of sp³-hybridized carbons (Fsp3) is 0.516. The Labute approximate surface area is 233 Å². The molecule has 0 amide bonds. The van der Waals surface area contributed by atoms with Gasteiger partial charge in [-0.25, -0.2) is 0 Å². The van der Waals surface area contributed by atoms with E-state index in [0.29, 0.717) is 32.0 Å². The lowest BCUT2D eigenvalue weighted by Gasteiger charge is -2.36. The van der Waals surface area contributed by atoms with Crippen molar-refractivity contribution in [1.82, 2.24) is 0 Å². The largest absolute Gasteiger partial charge is 0.491 e. The third-order valence-corrected chi connectivity index (χ3v) is 16.5. The summed E-state index contributed by atoms with van der Waals surface area (Å²) in [6.07, 6.45) is 2.65. The van der Waals surface area contributed by atoms with Crippen molar-refractivity contribution in [3.05, 3.63) is 66.2 Å². The zero-order valence-corrected chi connectivity index (χ0v) is 27.4. The molecule has 0 unspecified atom stereocenters. The molecule has 2 aromatic carbocycles. The van der Waals surface area contributed by atoms with Crippen molar-refractivity contribution in [2.24, 2.45) is 0 Å². The number of ether oxygens (including phenoxy) is 2. The third kappa shape index (κ3) is 11.7. The molecule has 0 aliphatic carbocycles. The monoisotopic (exact) mass is 558 g/mol. The maximum atomic E-state index is 10.5. The molecule has 0 heterocycles. The molecule has 2 rings (SSSR count). The van der Waals surface area contributed by atoms with Crippen LogP contribution in [0.3, 0.4) is 0 Å². The van der Waals surface area contributed by atoms with Crippen molar-refractivity contribution >= 4 is 29.0 Å². The SMILES string of the molecule is C=Cc1ccc(OCCO[Si](C)(C)C(C)(C)C)cc1.CC(C)(C)[Si](C)(C)OCCOc1ccc(C=O)cc1. The molecule has 0 saturated heterocycles. The van der Waals surface area contributed by atoms with Crippen LogP contribution in [-0.4, -0.2) is 49.3 Å². The van der Waals surface area contributed by atoms with E-state index in [-0.39, 0.29) is 10.1 Å². The van der Waals surface area contributed by atoms with Crippen LogP contribution < -0.4 is 9.47 Å². The summed E-state index contributed by atoms with van der Waals surface area (Å²) in [6.45, 7) is 28.5. The van der Waals surface area contributed by atoms with E-state index in [1.54, 1.807) is 24.3 Å². The highest BCUT2D eigenvalue weighted by atomic mass is 28.4. The van der Waals surface area contributed by atoms with E-state index in [1.165, 1.54) is 0 Å². The Kier molecular flexibility index (Phi) is 13.2. The molecule has 0 aromatic heterocycles. The molecular weight excluding hydrogens is 509 g/mol. The van der Waals surface area contributed by atoms with Crippen molar-refractivity contribution in [1.29, 1.82) is 0 Å². The number of carbonyl (C=O) groups is 1. The maximum absolute atomic E-state index is 10.5. The van der Waals surface area contributed by atoms with E-state index in [0.717, 1.165) is 23.3 Å². The molecule has 0 saturated carbocycles. The predicted molar refractivity (Wildman–Crippen MR) is 166 cm³/mol. The predicted octanol–water partition coefficient (Wildman–Crippen LogP) is 8.63. The van der Waals surface area contributed by atoms with Gasteiger partial charge in [-0.1, -0.05) is 66.3 Å². The number of carbonyl (C=O) groups excluding carboxylic acids is 1. The number of hydrogen-bond acceptors (Lipinski definition) is 5. The van der Waals surface area contributed by atoms with Crippen molar-refractivity contribution in [2.45, 2.75) is 77.8 Å². The Bertz CT molecular complexity index is 888. The molecule has 0 spiro atoms. The number of rotatable bonds is 12. The van der Waals surface area contributed by atoms with E-state index in [1.807, 2.05) is 30.3 Å². The zero-order chi connectivity index (χ0) is 29.0. The lowest BCUT2D eigenvalue weighted by atomic mass is 10.2. The molecule has 0 aliphatic rings. The molecule has 0 radical (unpaired) electrons. The smallest absolute Gasteiger partial charge is 0.192 e. The lowest BCUT2D eigenvalue weighted by molar-refractivity contribution is 0.112. The Hall–Kier alpha value is -2.20. The van der Waals surface area contributed by atoms with Gasteiger partial charge in [0.15, 0.2) is 16.6 Å². The van der Waals surface area contributed by atoms with Crippen LogP contribution in [0.5, 0.6) is 11.5 Å². The molecular formula is C31H50O5Si2. The van der Waals surface area contributed by atoms with Gasteiger partial charge in [-0.05, 0) is 78.2 Å². The van der Waals surface area contributed by atoms with E-state index >= 15 is 0 Å². The Morgan fingerprint density at radius 2 is 0.974 bits per heavy atom. The van der Waals surface area contributed by atoms with Gasteiger partial charge in [0.25, 0.3) is 0 Å². The molecule has 38 heavy (non-hydrogen) atoms. The molecule has 212 valence electrons. The van der Waals surface area contributed by atoms with E-state index in [9.17, 15) is 4.79 Å². The van der Waals surface area contributed by atoms with Gasteiger partial charge >= 0.3 is 0 Å². The van der Waals surface area contributed by atoms with Gasteiger partial charge in [0.1, 0.15) is 31.0 Å². The van der Waals surface area contributed by atoms with Crippen molar-refractivity contribution in [3.8, 4) is 11.5 Å². The molecule has 5 nitrogen and oxygen atoms in total. The van der Waals surface area contributed by atoms with Gasteiger partial charge in [-0.3, -0.25) is 4.79 Å². The zero-order valence-electron chi connectivity index (χ0n) is 25.4. The van der Waals surface area contributed by atoms with Crippen LogP contribution in [0.4, 0.5) is 0 Å². The van der Waals surface area contributed by atoms with Gasteiger partial charge in [0.2, 0.25) is 0 Å². The van der Waals surface area contributed by atoms with Crippen molar-refractivity contribution < 1.29 is 23.1 Å². The summed E-state index contributed by atoms with van der Waals surface area (Å²) in [5.74, 6) is 1.65. The Morgan fingerprint density at radius 1 is 0.632 bits per heavy atom. The molecule has 7 heteroatoms. The summed E-state index contributed by atoms with van der Waals surface area (Å²) in [4.78, 5) is 10.5. The van der Waals surface area contributed by atoms with E-state index in [4.69, 9.17) is 18.3 Å². The fourth-order valence-corrected chi connectivity index (χ4v) is 4.74. The van der Waals surface area contributed by atoms with Crippen LogP contribution in [0, 0.1) is 0 Å². The average Bonchev–Trinajstić information content (AvgIpc) is 2.84. The van der Waals surface area contributed by atoms with Gasteiger partial charge < -0.3 is 18.3 Å². The normalized spacial score (nSPS) is 12.3. The van der Waals surface area contributed by atoms with Crippen LogP contribution in [0.2, 0.25) is 36.3 Å². The molecule has 0 aliphatic heterocycles. The van der Waals surface area contributed by atoms with Gasteiger partial charge in [-0.15, -0.1) is 0 Å². The first kappa shape index (κ1) is 33.8. The van der Waals surface area contributed by atoms with Crippen LogP contribution >= 0.6 is 0 Å². The van der Waals surface area contributed by atoms with E-state index < -0.39 is 16.6 Å². The number of benzene rings is 2. The summed E-state index contributed by atoms with van der Waals surface area (Å²) in [5, 5.41) is 0.469. The topological polar surface area (TPSA) is 54.0 Å². The highest BCUT2D eigenvalue weighted by Gasteiger charge is 2.37.